The van der Waals surface area contributed by atoms with E-state index in [1.807, 2.05) is 0 Å². The van der Waals surface area contributed by atoms with Crippen LogP contribution in [-0.4, -0.2) is 17.6 Å². The number of nitrogen functional groups attached to an aromatic ring is 1. The molecule has 0 aliphatic heterocycles. The van der Waals surface area contributed by atoms with E-state index in [4.69, 9.17) is 5.73 Å². The summed E-state index contributed by atoms with van der Waals surface area (Å²) in [5.41, 5.74) is 6.93. The molecule has 0 unspecified atom stereocenters. The fourth-order valence-corrected chi connectivity index (χ4v) is 2.88. The zero-order valence-corrected chi connectivity index (χ0v) is 11.5. The molecule has 1 aliphatic carbocycles. The van der Waals surface area contributed by atoms with Gasteiger partial charge in [0.15, 0.2) is 5.13 Å². The van der Waals surface area contributed by atoms with Crippen LogP contribution < -0.4 is 11.1 Å². The summed E-state index contributed by atoms with van der Waals surface area (Å²) < 4.78 is 0. The molecule has 0 aromatic carbocycles. The summed E-state index contributed by atoms with van der Waals surface area (Å²) in [5.74, 6) is 0. The molecule has 1 heterocycles. The summed E-state index contributed by atoms with van der Waals surface area (Å²) in [4.78, 5) is 5.73. The van der Waals surface area contributed by atoms with Crippen LogP contribution in [0.15, 0.2) is 0 Å². The topological polar surface area (TPSA) is 50.9 Å². The van der Waals surface area contributed by atoms with Gasteiger partial charge in [0.1, 0.15) is 0 Å². The number of nitrogens with two attached hydrogens (primary N) is 1. The van der Waals surface area contributed by atoms with Crippen LogP contribution in [0.3, 0.4) is 0 Å². The molecule has 1 aromatic rings. The van der Waals surface area contributed by atoms with Gasteiger partial charge in [-0.3, -0.25) is 0 Å². The Morgan fingerprint density at radius 2 is 2.40 bits per heavy atom. The molecule has 1 aromatic heterocycles. The fourth-order valence-electron chi connectivity index (χ4n) is 1.92. The zero-order chi connectivity index (χ0) is 9.97. The number of hydrogen-bond donors (Lipinski definition) is 2. The van der Waals surface area contributed by atoms with Crippen molar-refractivity contribution in [3.63, 3.8) is 0 Å². The molecule has 86 valence electrons. The third-order valence-corrected chi connectivity index (χ3v) is 3.59. The lowest BCUT2D eigenvalue weighted by Crippen LogP contribution is -2.34. The van der Waals surface area contributed by atoms with E-state index in [2.05, 4.69) is 17.2 Å². The number of nitrogens with zero attached hydrogens (tertiary/aromatic N) is 1. The lowest BCUT2D eigenvalue weighted by Gasteiger charge is -2.21. The maximum Gasteiger partial charge on any atom is 0.180 e. The Bertz CT molecular complexity index is 314. The molecule has 5 heteroatoms. The molecular weight excluding hydrogens is 274 g/mol. The lowest BCUT2D eigenvalue weighted by molar-refractivity contribution is 0.460. The van der Waals surface area contributed by atoms with Gasteiger partial charge in [-0.2, -0.15) is 0 Å². The average Bonchev–Trinajstić information content (AvgIpc) is 2.54. The summed E-state index contributed by atoms with van der Waals surface area (Å²) >= 11 is 1.65. The van der Waals surface area contributed by atoms with Gasteiger partial charge in [0.2, 0.25) is 0 Å². The van der Waals surface area contributed by atoms with Crippen molar-refractivity contribution in [1.82, 2.24) is 10.3 Å². The second-order valence-corrected chi connectivity index (χ2v) is 4.93. The number of thiazole rings is 1. The third-order valence-electron chi connectivity index (χ3n) is 2.64. The van der Waals surface area contributed by atoms with E-state index in [1.165, 1.54) is 23.4 Å². The number of aromatic nitrogens is 1. The van der Waals surface area contributed by atoms with Crippen LogP contribution in [0, 0.1) is 0 Å². The van der Waals surface area contributed by atoms with Gasteiger partial charge in [0, 0.05) is 10.9 Å². The minimum atomic E-state index is 0. The summed E-state index contributed by atoms with van der Waals surface area (Å²) in [6.07, 6.45) is 4.61. The van der Waals surface area contributed by atoms with Gasteiger partial charge in [0.05, 0.1) is 5.69 Å². The number of halogens is 1. The second kappa shape index (κ2) is 5.82. The highest BCUT2D eigenvalue weighted by Gasteiger charge is 2.21. The number of fused-ring (bicyclic) bond motifs is 1. The van der Waals surface area contributed by atoms with Crippen LogP contribution in [-0.2, 0) is 12.8 Å². The number of anilines is 1. The van der Waals surface area contributed by atoms with Crippen molar-refractivity contribution < 1.29 is 0 Å². The predicted molar refractivity (Wildman–Crippen MR) is 71.0 cm³/mol. The van der Waals surface area contributed by atoms with Crippen molar-refractivity contribution >= 4 is 33.4 Å². The number of aryl methyl sites for hydroxylation is 1. The Kier molecular flexibility index (Phi) is 5.02. The summed E-state index contributed by atoms with van der Waals surface area (Å²) in [6, 6.07) is 0.641. The van der Waals surface area contributed by atoms with Gasteiger partial charge >= 0.3 is 0 Å². The van der Waals surface area contributed by atoms with Crippen LogP contribution in [0.2, 0.25) is 0 Å². The molecule has 3 nitrogen and oxygen atoms in total. The Balaban J connectivity index is 0.00000112. The van der Waals surface area contributed by atoms with E-state index in [9.17, 15) is 0 Å². The molecule has 0 spiro atoms. The van der Waals surface area contributed by atoms with E-state index in [0.29, 0.717) is 6.04 Å². The largest absolute Gasteiger partial charge is 0.375 e. The molecule has 0 fully saturated rings. The highest BCUT2D eigenvalue weighted by molar-refractivity contribution is 8.93. The Morgan fingerprint density at radius 1 is 1.60 bits per heavy atom. The average molecular weight is 292 g/mol. The Morgan fingerprint density at radius 3 is 3.13 bits per heavy atom. The molecule has 3 N–H and O–H groups in total. The van der Waals surface area contributed by atoms with E-state index < -0.39 is 0 Å². The standard InChI is InChI=1S/C10H17N3S.BrH/c1-2-5-12-7-3-4-8-9(6-7)14-10(11)13-8;/h7,12H,2-6H2,1H3,(H2,11,13);1H/t7-;/m0./s1. The van der Waals surface area contributed by atoms with Gasteiger partial charge in [-0.25, -0.2) is 4.98 Å². The van der Waals surface area contributed by atoms with E-state index in [-0.39, 0.29) is 17.0 Å². The lowest BCUT2D eigenvalue weighted by atomic mass is 9.98. The van der Waals surface area contributed by atoms with Crippen molar-refractivity contribution in [2.75, 3.05) is 12.3 Å². The maximum atomic E-state index is 5.69. The Hall–Kier alpha value is -0.130. The molecule has 0 saturated carbocycles. The van der Waals surface area contributed by atoms with E-state index in [0.717, 1.165) is 24.5 Å². The molecule has 0 bridgehead atoms. The molecule has 0 amide bonds. The van der Waals surface area contributed by atoms with Crippen LogP contribution in [0.1, 0.15) is 30.3 Å². The normalized spacial score (nSPS) is 19.4. The van der Waals surface area contributed by atoms with Crippen LogP contribution in [0.25, 0.3) is 0 Å². The zero-order valence-electron chi connectivity index (χ0n) is 8.95. The highest BCUT2D eigenvalue weighted by Crippen LogP contribution is 2.27. The number of nitrogens with one attached hydrogen (secondary N) is 1. The van der Waals surface area contributed by atoms with Crippen LogP contribution in [0.4, 0.5) is 5.13 Å². The number of rotatable bonds is 3. The molecule has 0 saturated heterocycles. The molecule has 15 heavy (non-hydrogen) atoms. The van der Waals surface area contributed by atoms with Crippen molar-refractivity contribution in [2.45, 2.75) is 38.6 Å². The second-order valence-electron chi connectivity index (χ2n) is 3.82. The third kappa shape index (κ3) is 3.16. The van der Waals surface area contributed by atoms with E-state index in [1.54, 1.807) is 11.3 Å². The summed E-state index contributed by atoms with van der Waals surface area (Å²) in [7, 11) is 0. The van der Waals surface area contributed by atoms with Gasteiger partial charge in [0.25, 0.3) is 0 Å². The molecule has 1 aliphatic rings. The summed E-state index contributed by atoms with van der Waals surface area (Å²) in [5, 5.41) is 4.29. The molecular formula is C10H18BrN3S. The van der Waals surface area contributed by atoms with Crippen molar-refractivity contribution in [2.24, 2.45) is 0 Å². The summed E-state index contributed by atoms with van der Waals surface area (Å²) in [6.45, 7) is 3.32. The van der Waals surface area contributed by atoms with E-state index >= 15 is 0 Å². The molecule has 2 rings (SSSR count). The first-order chi connectivity index (χ1) is 6.79. The fraction of sp³-hybridized carbons (Fsp3) is 0.700. The smallest absolute Gasteiger partial charge is 0.180 e. The molecule has 1 atom stereocenters. The van der Waals surface area contributed by atoms with Gasteiger partial charge in [-0.1, -0.05) is 6.92 Å². The quantitative estimate of drug-likeness (QED) is 0.897. The molecule has 0 radical (unpaired) electrons. The Labute approximate surface area is 105 Å². The van der Waals surface area contributed by atoms with Crippen LogP contribution in [0.5, 0.6) is 0 Å². The first kappa shape index (κ1) is 12.9. The maximum absolute atomic E-state index is 5.69. The first-order valence-electron chi connectivity index (χ1n) is 5.27. The van der Waals surface area contributed by atoms with Gasteiger partial charge in [-0.05, 0) is 32.2 Å². The monoisotopic (exact) mass is 291 g/mol. The SMILES string of the molecule is Br.CCCN[C@H]1CCc2nc(N)sc2C1. The number of hydrogen-bond acceptors (Lipinski definition) is 4. The highest BCUT2D eigenvalue weighted by atomic mass is 79.9. The van der Waals surface area contributed by atoms with Crippen molar-refractivity contribution in [3.05, 3.63) is 10.6 Å². The minimum absolute atomic E-state index is 0. The van der Waals surface area contributed by atoms with Gasteiger partial charge in [-0.15, -0.1) is 28.3 Å². The van der Waals surface area contributed by atoms with Crippen molar-refractivity contribution in [1.29, 1.82) is 0 Å². The van der Waals surface area contributed by atoms with Crippen LogP contribution >= 0.6 is 28.3 Å². The predicted octanol–water partition coefficient (Wildman–Crippen LogP) is 2.16. The first-order valence-corrected chi connectivity index (χ1v) is 6.08. The van der Waals surface area contributed by atoms with Crippen molar-refractivity contribution in [3.8, 4) is 0 Å². The minimum Gasteiger partial charge on any atom is -0.375 e. The van der Waals surface area contributed by atoms with Gasteiger partial charge < -0.3 is 11.1 Å².